The minimum Gasteiger partial charge on any atom is -0.469 e. The third kappa shape index (κ3) is 2.54. The highest BCUT2D eigenvalue weighted by molar-refractivity contribution is 6.11. The first-order chi connectivity index (χ1) is 17.1. The summed E-state index contributed by atoms with van der Waals surface area (Å²) in [5, 5.41) is 13.4. The Hall–Kier alpha value is -2.26. The minimum atomic E-state index is -0.773. The number of nitriles is 1. The van der Waals surface area contributed by atoms with Crippen molar-refractivity contribution in [3.63, 3.8) is 0 Å². The molecular weight excluding hydrogens is 464 g/mol. The van der Waals surface area contributed by atoms with E-state index >= 15 is 0 Å². The number of rotatable bonds is 1. The number of fused-ring (bicyclic) bond motifs is 6. The maximum Gasteiger partial charge on any atom is 0.312 e. The third-order valence-corrected chi connectivity index (χ3v) is 12.9. The van der Waals surface area contributed by atoms with Crippen LogP contribution in [-0.2, 0) is 19.1 Å². The van der Waals surface area contributed by atoms with Gasteiger partial charge in [0.1, 0.15) is 11.6 Å². The van der Waals surface area contributed by atoms with Gasteiger partial charge in [-0.05, 0) is 85.7 Å². The molecule has 8 atom stereocenters. The molecule has 1 N–H and O–H groups in total. The molecule has 5 aliphatic carbocycles. The minimum absolute atomic E-state index is 0.0577. The number of hydrogen-bond donors (Lipinski definition) is 1. The van der Waals surface area contributed by atoms with Gasteiger partial charge in [0, 0.05) is 11.3 Å². The van der Waals surface area contributed by atoms with Gasteiger partial charge in [0.2, 0.25) is 0 Å². The SMILES string of the molecule is COC(=O)[C@]12CCC(C)(C)C[C@H]1[C@H]1C(=O)C=C3[C@@]4(C)C=C(C#N)C(=O)[C@@]5(C)N[C@@]45CC[C@@]3(C)[C@]1(C)CC2. The van der Waals surface area contributed by atoms with E-state index in [4.69, 9.17) is 4.74 Å². The standard InChI is InChI=1S/C31H40N2O4/c1-25(2)8-11-30(24(36)37-7)12-9-27(4)22(19(30)16-25)20(34)14-21-26(27,3)10-13-31-28(21,5)15-18(17-32)23(35)29(31,6)33-31/h14-15,19,22,33H,8-13,16H2,1-7H3/t19-,22-,26+,27+,28+,29+,30-,31-/m0/s1. The van der Waals surface area contributed by atoms with Crippen molar-refractivity contribution in [1.82, 2.24) is 5.32 Å². The van der Waals surface area contributed by atoms with Gasteiger partial charge in [-0.25, -0.2) is 0 Å². The van der Waals surface area contributed by atoms with Gasteiger partial charge in [0.15, 0.2) is 11.6 Å². The highest BCUT2D eigenvalue weighted by atomic mass is 16.5. The molecule has 1 aliphatic heterocycles. The fourth-order valence-electron chi connectivity index (χ4n) is 10.4. The topological polar surface area (TPSA) is 106 Å². The van der Waals surface area contributed by atoms with Crippen molar-refractivity contribution in [1.29, 1.82) is 5.26 Å². The Kier molecular flexibility index (Phi) is 4.63. The van der Waals surface area contributed by atoms with E-state index in [9.17, 15) is 19.6 Å². The Morgan fingerprint density at radius 3 is 2.35 bits per heavy atom. The number of nitrogens with one attached hydrogen (secondary N) is 1. The summed E-state index contributed by atoms with van der Waals surface area (Å²) in [5.41, 5.74) is -1.77. The van der Waals surface area contributed by atoms with Crippen LogP contribution in [0, 0.1) is 50.2 Å². The van der Waals surface area contributed by atoms with Crippen molar-refractivity contribution in [2.75, 3.05) is 7.11 Å². The van der Waals surface area contributed by atoms with E-state index in [1.165, 1.54) is 7.11 Å². The van der Waals surface area contributed by atoms with E-state index in [2.05, 4.69) is 46.0 Å². The second kappa shape index (κ2) is 6.84. The predicted molar refractivity (Wildman–Crippen MR) is 138 cm³/mol. The molecule has 0 bridgehead atoms. The van der Waals surface area contributed by atoms with Crippen LogP contribution in [0.4, 0.5) is 0 Å². The monoisotopic (exact) mass is 504 g/mol. The molecule has 6 rings (SSSR count). The number of methoxy groups -OCH3 is 1. The van der Waals surface area contributed by atoms with E-state index < -0.39 is 21.9 Å². The number of nitrogens with zero attached hydrogens (tertiary/aromatic N) is 1. The van der Waals surface area contributed by atoms with Crippen molar-refractivity contribution in [3.8, 4) is 6.07 Å². The fraction of sp³-hybridized carbons (Fsp3) is 0.742. The van der Waals surface area contributed by atoms with Gasteiger partial charge in [-0.2, -0.15) is 5.26 Å². The Morgan fingerprint density at radius 1 is 1.03 bits per heavy atom. The van der Waals surface area contributed by atoms with Gasteiger partial charge in [-0.1, -0.05) is 40.7 Å². The van der Waals surface area contributed by atoms with Crippen LogP contribution in [0.5, 0.6) is 0 Å². The number of esters is 1. The number of ether oxygens (including phenoxy) is 1. The van der Waals surface area contributed by atoms with E-state index in [-0.39, 0.29) is 51.2 Å². The molecule has 1 heterocycles. The first-order valence-electron chi connectivity index (χ1n) is 13.9. The lowest BCUT2D eigenvalue weighted by molar-refractivity contribution is -0.189. The molecule has 3 saturated carbocycles. The summed E-state index contributed by atoms with van der Waals surface area (Å²) in [7, 11) is 1.48. The van der Waals surface area contributed by atoms with Gasteiger partial charge in [0.25, 0.3) is 0 Å². The van der Waals surface area contributed by atoms with Crippen molar-refractivity contribution in [3.05, 3.63) is 23.3 Å². The quantitative estimate of drug-likeness (QED) is 0.405. The lowest BCUT2D eigenvalue weighted by atomic mass is 9.34. The summed E-state index contributed by atoms with van der Waals surface area (Å²) in [4.78, 5) is 40.9. The lowest BCUT2D eigenvalue weighted by Crippen LogP contribution is -2.66. The van der Waals surface area contributed by atoms with Crippen LogP contribution in [0.25, 0.3) is 0 Å². The summed E-state index contributed by atoms with van der Waals surface area (Å²) in [6.07, 6.45) is 9.49. The van der Waals surface area contributed by atoms with Gasteiger partial charge >= 0.3 is 5.97 Å². The average Bonchev–Trinajstić information content (AvgIpc) is 3.49. The molecule has 1 saturated heterocycles. The maximum absolute atomic E-state index is 14.4. The molecule has 1 spiro atoms. The zero-order valence-corrected chi connectivity index (χ0v) is 23.3. The molecule has 0 amide bonds. The van der Waals surface area contributed by atoms with Crippen LogP contribution in [0.2, 0.25) is 0 Å². The van der Waals surface area contributed by atoms with Crippen LogP contribution in [-0.4, -0.2) is 35.7 Å². The molecule has 0 aromatic rings. The normalized spacial score (nSPS) is 51.1. The first kappa shape index (κ1) is 25.0. The summed E-state index contributed by atoms with van der Waals surface area (Å²) in [5.74, 6) is -0.490. The molecule has 37 heavy (non-hydrogen) atoms. The van der Waals surface area contributed by atoms with E-state index in [1.807, 2.05) is 19.1 Å². The summed E-state index contributed by atoms with van der Waals surface area (Å²) in [6, 6.07) is 2.15. The molecule has 6 nitrogen and oxygen atoms in total. The smallest absolute Gasteiger partial charge is 0.312 e. The van der Waals surface area contributed by atoms with Crippen molar-refractivity contribution >= 4 is 17.5 Å². The summed E-state index contributed by atoms with van der Waals surface area (Å²) >= 11 is 0. The molecular formula is C31H40N2O4. The second-order valence-electron chi connectivity index (χ2n) is 14.7. The largest absolute Gasteiger partial charge is 0.469 e. The first-order valence-corrected chi connectivity index (χ1v) is 13.9. The van der Waals surface area contributed by atoms with Gasteiger partial charge in [0.05, 0.1) is 23.6 Å². The third-order valence-electron chi connectivity index (χ3n) is 12.9. The number of ketones is 2. The van der Waals surface area contributed by atoms with Crippen LogP contribution < -0.4 is 5.32 Å². The highest BCUT2D eigenvalue weighted by Crippen LogP contribution is 2.76. The molecule has 0 unspecified atom stereocenters. The van der Waals surface area contributed by atoms with Gasteiger partial charge in [-0.3, -0.25) is 19.7 Å². The van der Waals surface area contributed by atoms with Crippen molar-refractivity contribution in [2.45, 2.75) is 97.6 Å². The number of allylic oxidation sites excluding steroid dienone is 1. The molecule has 0 aromatic heterocycles. The Balaban J connectivity index is 1.54. The molecule has 4 fully saturated rings. The van der Waals surface area contributed by atoms with Gasteiger partial charge in [-0.15, -0.1) is 0 Å². The van der Waals surface area contributed by atoms with E-state index in [0.29, 0.717) is 0 Å². The fourth-order valence-corrected chi connectivity index (χ4v) is 10.4. The van der Waals surface area contributed by atoms with Crippen LogP contribution in [0.15, 0.2) is 23.3 Å². The zero-order chi connectivity index (χ0) is 27.0. The predicted octanol–water partition coefficient (Wildman–Crippen LogP) is 4.84. The van der Waals surface area contributed by atoms with Crippen molar-refractivity contribution < 1.29 is 19.1 Å². The zero-order valence-electron chi connectivity index (χ0n) is 23.3. The molecule has 6 aliphatic rings. The van der Waals surface area contributed by atoms with Crippen LogP contribution in [0.1, 0.15) is 86.5 Å². The second-order valence-corrected chi connectivity index (χ2v) is 14.7. The molecule has 198 valence electrons. The van der Waals surface area contributed by atoms with Crippen molar-refractivity contribution in [2.24, 2.45) is 38.9 Å². The molecule has 0 aromatic carbocycles. The summed E-state index contributed by atoms with van der Waals surface area (Å²) < 4.78 is 5.40. The van der Waals surface area contributed by atoms with Gasteiger partial charge < -0.3 is 4.74 Å². The highest BCUT2D eigenvalue weighted by Gasteiger charge is 2.82. The Morgan fingerprint density at radius 2 is 1.70 bits per heavy atom. The Labute approximate surface area is 220 Å². The molecule has 0 radical (unpaired) electrons. The van der Waals surface area contributed by atoms with Crippen LogP contribution >= 0.6 is 0 Å². The molecule has 6 heteroatoms. The lowest BCUT2D eigenvalue weighted by Gasteiger charge is -2.68. The number of carbonyl (C=O) groups excluding carboxylic acids is 3. The number of carbonyl (C=O) groups is 3. The Bertz CT molecular complexity index is 1270. The van der Waals surface area contributed by atoms with E-state index in [1.54, 1.807) is 0 Å². The maximum atomic E-state index is 14.4. The number of hydrogen-bond acceptors (Lipinski definition) is 6. The van der Waals surface area contributed by atoms with Crippen LogP contribution in [0.3, 0.4) is 0 Å². The van der Waals surface area contributed by atoms with E-state index in [0.717, 1.165) is 50.5 Å². The number of Topliss-reactive ketones (excluding diaryl/α,β-unsaturated/α-hetero) is 1. The summed E-state index contributed by atoms with van der Waals surface area (Å²) in [6.45, 7) is 13.2. The average molecular weight is 505 g/mol.